The molecule has 0 unspecified atom stereocenters. The van der Waals surface area contributed by atoms with Gasteiger partial charge < -0.3 is 14.6 Å². The van der Waals surface area contributed by atoms with Crippen molar-refractivity contribution >= 4 is 5.97 Å². The highest BCUT2D eigenvalue weighted by atomic mass is 16.5. The minimum Gasteiger partial charge on any atom is -0.508 e. The second-order valence-electron chi connectivity index (χ2n) is 6.45. The lowest BCUT2D eigenvalue weighted by Gasteiger charge is -2.26. The maximum Gasteiger partial charge on any atom is 0.305 e. The summed E-state index contributed by atoms with van der Waals surface area (Å²) in [6.07, 6.45) is 1.01. The van der Waals surface area contributed by atoms with E-state index in [1.807, 2.05) is 36.4 Å². The number of rotatable bonds is 8. The topological polar surface area (TPSA) is 55.8 Å². The van der Waals surface area contributed by atoms with Crippen molar-refractivity contribution in [1.29, 1.82) is 0 Å². The number of ether oxygens (including phenoxy) is 2. The molecule has 0 saturated carbocycles. The fourth-order valence-corrected chi connectivity index (χ4v) is 2.65. The fourth-order valence-electron chi connectivity index (χ4n) is 2.65. The largest absolute Gasteiger partial charge is 0.508 e. The molecule has 4 nitrogen and oxygen atoms in total. The number of carbonyl (C=O) groups is 1. The second kappa shape index (κ2) is 8.56. The molecule has 0 amide bonds. The van der Waals surface area contributed by atoms with E-state index < -0.39 is 0 Å². The van der Waals surface area contributed by atoms with Crippen LogP contribution in [0.3, 0.4) is 0 Å². The van der Waals surface area contributed by atoms with Gasteiger partial charge in [0, 0.05) is 11.8 Å². The highest BCUT2D eigenvalue weighted by molar-refractivity contribution is 5.69. The van der Waals surface area contributed by atoms with Crippen molar-refractivity contribution in [2.45, 2.75) is 39.0 Å². The molecule has 2 rings (SSSR count). The molecular formula is C21H26O4. The summed E-state index contributed by atoms with van der Waals surface area (Å²) in [5.74, 6) is 0.873. The van der Waals surface area contributed by atoms with Crippen LogP contribution in [-0.4, -0.2) is 24.3 Å². The van der Waals surface area contributed by atoms with Crippen LogP contribution in [-0.2, 0) is 14.9 Å². The fraction of sp³-hybridized carbons (Fsp3) is 0.381. The van der Waals surface area contributed by atoms with E-state index in [0.717, 1.165) is 16.9 Å². The van der Waals surface area contributed by atoms with E-state index in [1.165, 1.54) is 0 Å². The van der Waals surface area contributed by atoms with E-state index in [9.17, 15) is 9.90 Å². The monoisotopic (exact) mass is 342 g/mol. The Bertz CT molecular complexity index is 672. The molecule has 2 aromatic carbocycles. The van der Waals surface area contributed by atoms with Crippen molar-refractivity contribution in [2.24, 2.45) is 0 Å². The van der Waals surface area contributed by atoms with Crippen molar-refractivity contribution in [3.05, 3.63) is 59.7 Å². The van der Waals surface area contributed by atoms with Crippen LogP contribution in [0.2, 0.25) is 0 Å². The molecule has 0 atom stereocenters. The Kier molecular flexibility index (Phi) is 6.45. The SMILES string of the molecule is CCOC(=O)CCCOc1ccc(C(C)(C)c2ccc(O)cc2)cc1. The first-order chi connectivity index (χ1) is 11.9. The average molecular weight is 342 g/mol. The lowest BCUT2D eigenvalue weighted by Crippen LogP contribution is -2.18. The Labute approximate surface area is 149 Å². The smallest absolute Gasteiger partial charge is 0.305 e. The van der Waals surface area contributed by atoms with Crippen LogP contribution in [0.4, 0.5) is 0 Å². The molecule has 0 saturated heterocycles. The minimum atomic E-state index is -0.183. The van der Waals surface area contributed by atoms with E-state index in [2.05, 4.69) is 13.8 Å². The number of benzene rings is 2. The lowest BCUT2D eigenvalue weighted by molar-refractivity contribution is -0.143. The van der Waals surface area contributed by atoms with Crippen LogP contribution in [0.15, 0.2) is 48.5 Å². The van der Waals surface area contributed by atoms with Crippen molar-refractivity contribution in [3.63, 3.8) is 0 Å². The van der Waals surface area contributed by atoms with E-state index in [0.29, 0.717) is 26.1 Å². The van der Waals surface area contributed by atoms with Gasteiger partial charge in [-0.2, -0.15) is 0 Å². The predicted molar refractivity (Wildman–Crippen MR) is 98.0 cm³/mol. The van der Waals surface area contributed by atoms with Gasteiger partial charge in [0.1, 0.15) is 11.5 Å². The highest BCUT2D eigenvalue weighted by Crippen LogP contribution is 2.33. The van der Waals surface area contributed by atoms with Crippen molar-refractivity contribution in [2.75, 3.05) is 13.2 Å². The molecule has 4 heteroatoms. The van der Waals surface area contributed by atoms with Gasteiger partial charge in [-0.05, 0) is 48.7 Å². The van der Waals surface area contributed by atoms with Crippen LogP contribution in [0.5, 0.6) is 11.5 Å². The van der Waals surface area contributed by atoms with Gasteiger partial charge in [0.25, 0.3) is 0 Å². The molecule has 0 aromatic heterocycles. The van der Waals surface area contributed by atoms with E-state index >= 15 is 0 Å². The van der Waals surface area contributed by atoms with Gasteiger partial charge in [-0.15, -0.1) is 0 Å². The number of esters is 1. The van der Waals surface area contributed by atoms with Gasteiger partial charge in [-0.3, -0.25) is 4.79 Å². The van der Waals surface area contributed by atoms with Crippen molar-refractivity contribution in [1.82, 2.24) is 0 Å². The maximum atomic E-state index is 11.3. The van der Waals surface area contributed by atoms with Crippen LogP contribution in [0.1, 0.15) is 44.7 Å². The lowest BCUT2D eigenvalue weighted by atomic mass is 9.78. The third-order valence-corrected chi connectivity index (χ3v) is 4.26. The molecule has 0 bridgehead atoms. The van der Waals surface area contributed by atoms with E-state index in [1.54, 1.807) is 19.1 Å². The number of carbonyl (C=O) groups excluding carboxylic acids is 1. The summed E-state index contributed by atoms with van der Waals surface area (Å²) in [5.41, 5.74) is 2.13. The third kappa shape index (κ3) is 5.24. The Morgan fingerprint density at radius 1 is 1.00 bits per heavy atom. The maximum absolute atomic E-state index is 11.3. The zero-order valence-electron chi connectivity index (χ0n) is 15.1. The van der Waals surface area contributed by atoms with Crippen LogP contribution in [0, 0.1) is 0 Å². The standard InChI is InChI=1S/C21H26O4/c1-4-24-20(23)6-5-15-25-19-13-9-17(10-14-19)21(2,3)16-7-11-18(22)12-8-16/h7-14,22H,4-6,15H2,1-3H3. The number of phenolic OH excluding ortho intramolecular Hbond substituents is 1. The van der Waals surface area contributed by atoms with Gasteiger partial charge in [0.05, 0.1) is 13.2 Å². The number of aromatic hydroxyl groups is 1. The normalized spacial score (nSPS) is 11.2. The predicted octanol–water partition coefficient (Wildman–Crippen LogP) is 4.44. The molecule has 0 aliphatic carbocycles. The molecule has 0 aliphatic rings. The molecule has 1 N–H and O–H groups in total. The van der Waals surface area contributed by atoms with Crippen molar-refractivity contribution in [3.8, 4) is 11.5 Å². The second-order valence-corrected chi connectivity index (χ2v) is 6.45. The molecule has 0 radical (unpaired) electrons. The van der Waals surface area contributed by atoms with Crippen LogP contribution < -0.4 is 4.74 Å². The summed E-state index contributed by atoms with van der Waals surface area (Å²) >= 11 is 0. The van der Waals surface area contributed by atoms with Gasteiger partial charge >= 0.3 is 5.97 Å². The van der Waals surface area contributed by atoms with Crippen molar-refractivity contribution < 1.29 is 19.4 Å². The molecule has 0 fully saturated rings. The van der Waals surface area contributed by atoms with E-state index in [4.69, 9.17) is 9.47 Å². The molecule has 0 heterocycles. The summed E-state index contributed by atoms with van der Waals surface area (Å²) < 4.78 is 10.6. The Balaban J connectivity index is 1.92. The number of hydrogen-bond donors (Lipinski definition) is 1. The van der Waals surface area contributed by atoms with Crippen LogP contribution >= 0.6 is 0 Å². The van der Waals surface area contributed by atoms with Gasteiger partial charge in [-0.25, -0.2) is 0 Å². The highest BCUT2D eigenvalue weighted by Gasteiger charge is 2.22. The molecule has 0 spiro atoms. The first-order valence-corrected chi connectivity index (χ1v) is 8.62. The quantitative estimate of drug-likeness (QED) is 0.569. The molecule has 134 valence electrons. The van der Waals surface area contributed by atoms with Gasteiger partial charge in [0.2, 0.25) is 0 Å². The summed E-state index contributed by atoms with van der Waals surface area (Å²) in [6, 6.07) is 15.3. The zero-order chi connectivity index (χ0) is 18.3. The minimum absolute atomic E-state index is 0.170. The molecule has 25 heavy (non-hydrogen) atoms. The summed E-state index contributed by atoms with van der Waals surface area (Å²) in [6.45, 7) is 7.00. The summed E-state index contributed by atoms with van der Waals surface area (Å²) in [5, 5.41) is 9.45. The summed E-state index contributed by atoms with van der Waals surface area (Å²) in [7, 11) is 0. The molecular weight excluding hydrogens is 316 g/mol. The van der Waals surface area contributed by atoms with Gasteiger partial charge in [0.15, 0.2) is 0 Å². The number of phenols is 1. The molecule has 0 aliphatic heterocycles. The first kappa shape index (κ1) is 18.8. The zero-order valence-corrected chi connectivity index (χ0v) is 15.1. The average Bonchev–Trinajstić information content (AvgIpc) is 2.60. The Hall–Kier alpha value is -2.49. The third-order valence-electron chi connectivity index (χ3n) is 4.26. The molecule has 2 aromatic rings. The Morgan fingerprint density at radius 2 is 1.56 bits per heavy atom. The van der Waals surface area contributed by atoms with Crippen LogP contribution in [0.25, 0.3) is 0 Å². The first-order valence-electron chi connectivity index (χ1n) is 8.62. The summed E-state index contributed by atoms with van der Waals surface area (Å²) in [4.78, 5) is 11.3. The number of hydrogen-bond acceptors (Lipinski definition) is 4. The Morgan fingerprint density at radius 3 is 2.12 bits per heavy atom. The van der Waals surface area contributed by atoms with E-state index in [-0.39, 0.29) is 17.1 Å². The van der Waals surface area contributed by atoms with Gasteiger partial charge in [-0.1, -0.05) is 38.1 Å².